The summed E-state index contributed by atoms with van der Waals surface area (Å²) in [6.45, 7) is 1.64. The predicted molar refractivity (Wildman–Crippen MR) is 122 cm³/mol. The molecule has 8 heteroatoms. The van der Waals surface area contributed by atoms with Crippen molar-refractivity contribution in [1.82, 2.24) is 0 Å². The highest BCUT2D eigenvalue weighted by atomic mass is 32.2. The lowest BCUT2D eigenvalue weighted by molar-refractivity contribution is -0.119. The largest absolute Gasteiger partial charge is 0.497 e. The Labute approximate surface area is 183 Å². The molecule has 1 saturated carbocycles. The van der Waals surface area contributed by atoms with Crippen LogP contribution in [-0.4, -0.2) is 34.5 Å². The molecule has 0 unspecified atom stereocenters. The highest BCUT2D eigenvalue weighted by molar-refractivity contribution is 7.92. The molecule has 1 heterocycles. The first-order valence-electron chi connectivity index (χ1n) is 10.8. The molecule has 2 fully saturated rings. The standard InChI is InChI=1S/C23H29N3O4S/c1-30-20-11-8-18(9-12-20)25-31(28,29)22-16-19(24-23(27)17-6-2-3-7-17)10-13-21(22)26-14-4-5-15-26/h8-13,16-17,25H,2-7,14-15H2,1H3,(H,24,27). The Hall–Kier alpha value is -2.74. The number of methoxy groups -OCH3 is 1. The van der Waals surface area contributed by atoms with Gasteiger partial charge in [0.15, 0.2) is 0 Å². The van der Waals surface area contributed by atoms with Crippen LogP contribution in [0.4, 0.5) is 17.1 Å². The summed E-state index contributed by atoms with van der Waals surface area (Å²) in [6.07, 6.45) is 5.98. The van der Waals surface area contributed by atoms with Crippen LogP contribution in [0.3, 0.4) is 0 Å². The first-order chi connectivity index (χ1) is 15.0. The minimum absolute atomic E-state index is 0.00994. The van der Waals surface area contributed by atoms with E-state index in [-0.39, 0.29) is 16.7 Å². The average molecular weight is 444 g/mol. The summed E-state index contributed by atoms with van der Waals surface area (Å²) in [5, 5.41) is 2.93. The molecule has 2 aliphatic rings. The minimum atomic E-state index is -3.86. The van der Waals surface area contributed by atoms with Gasteiger partial charge < -0.3 is 15.0 Å². The molecule has 0 spiro atoms. The van der Waals surface area contributed by atoms with Crippen LogP contribution in [0.1, 0.15) is 38.5 Å². The third-order valence-electron chi connectivity index (χ3n) is 6.03. The van der Waals surface area contributed by atoms with Gasteiger partial charge in [0.2, 0.25) is 5.91 Å². The second kappa shape index (κ2) is 9.18. The van der Waals surface area contributed by atoms with E-state index in [1.807, 2.05) is 0 Å². The van der Waals surface area contributed by atoms with Crippen LogP contribution in [0.15, 0.2) is 47.4 Å². The van der Waals surface area contributed by atoms with Gasteiger partial charge in [-0.25, -0.2) is 8.42 Å². The highest BCUT2D eigenvalue weighted by Gasteiger charge is 2.26. The molecule has 166 valence electrons. The Kier molecular flexibility index (Phi) is 6.36. The van der Waals surface area contributed by atoms with Crippen molar-refractivity contribution in [3.8, 4) is 5.75 Å². The van der Waals surface area contributed by atoms with Gasteiger partial charge in [-0.1, -0.05) is 12.8 Å². The number of carbonyl (C=O) groups excluding carboxylic acids is 1. The van der Waals surface area contributed by atoms with Crippen LogP contribution >= 0.6 is 0 Å². The van der Waals surface area contributed by atoms with Crippen molar-refractivity contribution in [3.63, 3.8) is 0 Å². The van der Waals surface area contributed by atoms with Crippen LogP contribution in [0.2, 0.25) is 0 Å². The summed E-state index contributed by atoms with van der Waals surface area (Å²) in [4.78, 5) is 14.8. The van der Waals surface area contributed by atoms with E-state index in [2.05, 4.69) is 14.9 Å². The smallest absolute Gasteiger partial charge is 0.264 e. The molecule has 0 aromatic heterocycles. The fraction of sp³-hybridized carbons (Fsp3) is 0.435. The fourth-order valence-corrected chi connectivity index (χ4v) is 5.64. The zero-order chi connectivity index (χ0) is 21.8. The quantitative estimate of drug-likeness (QED) is 0.669. The Balaban J connectivity index is 1.63. The van der Waals surface area contributed by atoms with Crippen molar-refractivity contribution in [2.75, 3.05) is 35.1 Å². The number of benzene rings is 2. The lowest BCUT2D eigenvalue weighted by atomic mass is 10.1. The normalized spacial score (nSPS) is 17.0. The van der Waals surface area contributed by atoms with E-state index in [1.54, 1.807) is 49.6 Å². The number of carbonyl (C=O) groups is 1. The van der Waals surface area contributed by atoms with Gasteiger partial charge in [-0.05, 0) is 68.1 Å². The maximum atomic E-state index is 13.3. The van der Waals surface area contributed by atoms with Crippen molar-refractivity contribution in [1.29, 1.82) is 0 Å². The van der Waals surface area contributed by atoms with Gasteiger partial charge in [0, 0.05) is 30.4 Å². The molecule has 7 nitrogen and oxygen atoms in total. The number of nitrogens with zero attached hydrogens (tertiary/aromatic N) is 1. The number of hydrogen-bond acceptors (Lipinski definition) is 5. The third-order valence-corrected chi connectivity index (χ3v) is 7.44. The van der Waals surface area contributed by atoms with Crippen molar-refractivity contribution in [2.24, 2.45) is 5.92 Å². The molecule has 4 rings (SSSR count). The van der Waals surface area contributed by atoms with E-state index < -0.39 is 10.0 Å². The maximum absolute atomic E-state index is 13.3. The van der Waals surface area contributed by atoms with Crippen LogP contribution in [-0.2, 0) is 14.8 Å². The van der Waals surface area contributed by atoms with E-state index in [9.17, 15) is 13.2 Å². The minimum Gasteiger partial charge on any atom is -0.497 e. The van der Waals surface area contributed by atoms with E-state index in [0.717, 1.165) is 51.6 Å². The Morgan fingerprint density at radius 1 is 0.968 bits per heavy atom. The number of hydrogen-bond donors (Lipinski definition) is 2. The molecule has 1 aliphatic heterocycles. The molecule has 2 N–H and O–H groups in total. The van der Waals surface area contributed by atoms with Gasteiger partial charge in [-0.3, -0.25) is 9.52 Å². The van der Waals surface area contributed by atoms with E-state index in [4.69, 9.17) is 4.74 Å². The average Bonchev–Trinajstić information content (AvgIpc) is 3.48. The Morgan fingerprint density at radius 3 is 2.26 bits per heavy atom. The van der Waals surface area contributed by atoms with Gasteiger partial charge in [-0.15, -0.1) is 0 Å². The zero-order valence-corrected chi connectivity index (χ0v) is 18.6. The molecule has 2 aromatic carbocycles. The molecule has 1 aliphatic carbocycles. The predicted octanol–water partition coefficient (Wildman–Crippen LogP) is 4.22. The van der Waals surface area contributed by atoms with Crippen molar-refractivity contribution < 1.29 is 17.9 Å². The van der Waals surface area contributed by atoms with Crippen molar-refractivity contribution in [2.45, 2.75) is 43.4 Å². The van der Waals surface area contributed by atoms with Crippen LogP contribution in [0, 0.1) is 5.92 Å². The lowest BCUT2D eigenvalue weighted by Gasteiger charge is -2.23. The number of amides is 1. The second-order valence-electron chi connectivity index (χ2n) is 8.18. The molecule has 0 bridgehead atoms. The molecule has 0 radical (unpaired) electrons. The molecule has 1 amide bonds. The third kappa shape index (κ3) is 4.95. The summed E-state index contributed by atoms with van der Waals surface area (Å²) in [5.41, 5.74) is 1.63. The summed E-state index contributed by atoms with van der Waals surface area (Å²) in [5.74, 6) is 0.631. The van der Waals surface area contributed by atoms with Crippen LogP contribution in [0.25, 0.3) is 0 Å². The van der Waals surface area contributed by atoms with Gasteiger partial charge in [0.25, 0.3) is 10.0 Å². The molecule has 1 saturated heterocycles. The number of sulfonamides is 1. The van der Waals surface area contributed by atoms with Crippen molar-refractivity contribution >= 4 is 33.0 Å². The van der Waals surface area contributed by atoms with Crippen LogP contribution < -0.4 is 19.7 Å². The summed E-state index contributed by atoms with van der Waals surface area (Å²) < 4.78 is 34.5. The van der Waals surface area contributed by atoms with E-state index in [0.29, 0.717) is 22.8 Å². The summed E-state index contributed by atoms with van der Waals surface area (Å²) >= 11 is 0. The molecule has 2 aromatic rings. The number of anilines is 3. The molecular formula is C23H29N3O4S. The maximum Gasteiger partial charge on any atom is 0.264 e. The van der Waals surface area contributed by atoms with Crippen molar-refractivity contribution in [3.05, 3.63) is 42.5 Å². The molecule has 0 atom stereocenters. The topological polar surface area (TPSA) is 87.7 Å². The van der Waals surface area contributed by atoms with Gasteiger partial charge >= 0.3 is 0 Å². The highest BCUT2D eigenvalue weighted by Crippen LogP contribution is 2.33. The van der Waals surface area contributed by atoms with Crippen LogP contribution in [0.5, 0.6) is 5.75 Å². The summed E-state index contributed by atoms with van der Waals surface area (Å²) in [6, 6.07) is 11.9. The Morgan fingerprint density at radius 2 is 1.61 bits per heavy atom. The van der Waals surface area contributed by atoms with E-state index in [1.165, 1.54) is 0 Å². The first-order valence-corrected chi connectivity index (χ1v) is 12.3. The number of rotatable bonds is 7. The summed E-state index contributed by atoms with van der Waals surface area (Å²) in [7, 11) is -2.30. The second-order valence-corrected chi connectivity index (χ2v) is 9.83. The first kappa shape index (κ1) is 21.5. The molecular weight excluding hydrogens is 414 g/mol. The lowest BCUT2D eigenvalue weighted by Crippen LogP contribution is -2.24. The fourth-order valence-electron chi connectivity index (χ4n) is 4.33. The van der Waals surface area contributed by atoms with Gasteiger partial charge in [0.1, 0.15) is 10.6 Å². The molecule has 31 heavy (non-hydrogen) atoms. The zero-order valence-electron chi connectivity index (χ0n) is 17.8. The monoisotopic (exact) mass is 443 g/mol. The van der Waals surface area contributed by atoms with Gasteiger partial charge in [-0.2, -0.15) is 0 Å². The van der Waals surface area contributed by atoms with Gasteiger partial charge in [0.05, 0.1) is 12.8 Å². The number of ether oxygens (including phenoxy) is 1. The Bertz CT molecular complexity index is 1030. The number of nitrogens with one attached hydrogen (secondary N) is 2. The van der Waals surface area contributed by atoms with E-state index >= 15 is 0 Å². The SMILES string of the molecule is COc1ccc(NS(=O)(=O)c2cc(NC(=O)C3CCCC3)ccc2N2CCCC2)cc1.